The fourth-order valence-corrected chi connectivity index (χ4v) is 6.05. The number of hydrogen-bond donors (Lipinski definition) is 2. The molecule has 274 valence electrons. The first-order valence-electron chi connectivity index (χ1n) is 17.2. The van der Waals surface area contributed by atoms with Gasteiger partial charge in [-0.25, -0.2) is 0 Å². The van der Waals surface area contributed by atoms with Crippen molar-refractivity contribution < 1.29 is 57.9 Å². The predicted octanol–water partition coefficient (Wildman–Crippen LogP) is 4.56. The van der Waals surface area contributed by atoms with E-state index in [0.29, 0.717) is 57.8 Å². The molecule has 2 rings (SSSR count). The maximum absolute atomic E-state index is 12.9. The second kappa shape index (κ2) is 22.8. The number of aryl methyl sites for hydroxylation is 1. The van der Waals surface area contributed by atoms with Crippen LogP contribution in [0.25, 0.3) is 0 Å². The summed E-state index contributed by atoms with van der Waals surface area (Å²) in [7, 11) is 0. The number of hydrogen-bond acceptors (Lipinski definition) is 12. The van der Waals surface area contributed by atoms with E-state index in [4.69, 9.17) is 33.9 Å². The molecule has 5 atom stereocenters. The van der Waals surface area contributed by atoms with Crippen LogP contribution in [0.3, 0.4) is 0 Å². The molecule has 0 aromatic heterocycles. The fourth-order valence-electron chi connectivity index (χ4n) is 6.05. The minimum absolute atomic E-state index is 0.158. The largest absolute Gasteiger partial charge is 0.463 e. The summed E-state index contributed by atoms with van der Waals surface area (Å²) >= 11 is 0. The summed E-state index contributed by atoms with van der Waals surface area (Å²) in [4.78, 5) is 60.9. The van der Waals surface area contributed by atoms with E-state index in [9.17, 15) is 24.0 Å². The van der Waals surface area contributed by atoms with Crippen molar-refractivity contribution in [3.8, 4) is 0 Å². The second-order valence-electron chi connectivity index (χ2n) is 12.7. The summed E-state index contributed by atoms with van der Waals surface area (Å²) in [6, 6.07) is 9.76. The number of allylic oxidation sites excluding steroid dienone is 2. The number of carbonyl (C=O) groups is 5. The molecular weight excluding hydrogens is 636 g/mol. The van der Waals surface area contributed by atoms with Crippen LogP contribution in [0.2, 0.25) is 0 Å². The lowest BCUT2D eigenvalue weighted by Crippen LogP contribution is -2.29. The average molecular weight is 691 g/mol. The Morgan fingerprint density at radius 3 is 1.90 bits per heavy atom. The highest BCUT2D eigenvalue weighted by atomic mass is 16.6. The third-order valence-electron chi connectivity index (χ3n) is 8.25. The van der Waals surface area contributed by atoms with E-state index in [0.717, 1.165) is 5.56 Å². The summed E-state index contributed by atoms with van der Waals surface area (Å²) in [6.07, 6.45) is 5.41. The summed E-state index contributed by atoms with van der Waals surface area (Å²) < 4.78 is 27.4. The van der Waals surface area contributed by atoms with Gasteiger partial charge >= 0.3 is 29.8 Å². The standard InChI is InChI=1S/C37H54O12/c1-25(2)45-35(42)15-11-6-5-10-14-31-32(34(47-27(4)41)22-33(31)46-26(3)40)19-18-29(17-16-28-12-8-7-9-13-28)48-36(43)20-21-37(44)49-30(23-38)24-39/h5,7-10,12-13,25,29-34,38-39H,6,11,14-24H2,1-4H3/b10-5-/t29-,31+,32+,33-,34+/m0/s1. The third-order valence-corrected chi connectivity index (χ3v) is 8.25. The lowest BCUT2D eigenvalue weighted by molar-refractivity contribution is -0.159. The molecule has 1 aromatic rings. The van der Waals surface area contributed by atoms with E-state index in [2.05, 4.69) is 0 Å². The van der Waals surface area contributed by atoms with Crippen LogP contribution in [0.5, 0.6) is 0 Å². The van der Waals surface area contributed by atoms with Gasteiger partial charge in [-0.1, -0.05) is 42.5 Å². The molecule has 0 amide bonds. The molecule has 1 aliphatic carbocycles. The van der Waals surface area contributed by atoms with Crippen LogP contribution in [0.1, 0.15) is 97.5 Å². The van der Waals surface area contributed by atoms with Gasteiger partial charge in [-0.2, -0.15) is 0 Å². The molecule has 0 bridgehead atoms. The van der Waals surface area contributed by atoms with Crippen LogP contribution in [0.4, 0.5) is 0 Å². The van der Waals surface area contributed by atoms with Gasteiger partial charge in [0.15, 0.2) is 0 Å². The van der Waals surface area contributed by atoms with Crippen molar-refractivity contribution in [3.63, 3.8) is 0 Å². The Hall–Kier alpha value is -3.77. The van der Waals surface area contributed by atoms with E-state index < -0.39 is 61.5 Å². The molecular formula is C37H54O12. The number of benzene rings is 1. The quantitative estimate of drug-likeness (QED) is 0.0754. The lowest BCUT2D eigenvalue weighted by atomic mass is 9.85. The summed E-state index contributed by atoms with van der Waals surface area (Å²) in [5, 5.41) is 18.3. The number of rotatable bonds is 22. The smallest absolute Gasteiger partial charge is 0.306 e. The molecule has 0 unspecified atom stereocenters. The normalized spacial score (nSPS) is 19.5. The van der Waals surface area contributed by atoms with E-state index in [-0.39, 0.29) is 36.8 Å². The van der Waals surface area contributed by atoms with Crippen LogP contribution in [0, 0.1) is 11.8 Å². The summed E-state index contributed by atoms with van der Waals surface area (Å²) in [5.41, 5.74) is 1.07. The van der Waals surface area contributed by atoms with Crippen molar-refractivity contribution >= 4 is 29.8 Å². The zero-order valence-electron chi connectivity index (χ0n) is 29.3. The van der Waals surface area contributed by atoms with Crippen molar-refractivity contribution in [2.75, 3.05) is 13.2 Å². The maximum Gasteiger partial charge on any atom is 0.306 e. The first-order valence-corrected chi connectivity index (χ1v) is 17.2. The highest BCUT2D eigenvalue weighted by Gasteiger charge is 2.46. The van der Waals surface area contributed by atoms with Gasteiger partial charge < -0.3 is 33.9 Å². The molecule has 1 fully saturated rings. The van der Waals surface area contributed by atoms with Crippen LogP contribution in [-0.2, 0) is 54.1 Å². The predicted molar refractivity (Wildman–Crippen MR) is 179 cm³/mol. The van der Waals surface area contributed by atoms with Crippen LogP contribution < -0.4 is 0 Å². The molecule has 12 nitrogen and oxygen atoms in total. The molecule has 0 spiro atoms. The molecule has 0 aliphatic heterocycles. The molecule has 2 N–H and O–H groups in total. The van der Waals surface area contributed by atoms with Crippen molar-refractivity contribution in [2.45, 2.75) is 129 Å². The number of carbonyl (C=O) groups excluding carboxylic acids is 5. The van der Waals surface area contributed by atoms with Gasteiger partial charge in [-0.3, -0.25) is 24.0 Å². The molecule has 1 saturated carbocycles. The van der Waals surface area contributed by atoms with Crippen molar-refractivity contribution in [1.82, 2.24) is 0 Å². The fraction of sp³-hybridized carbons (Fsp3) is 0.649. The number of esters is 5. The molecule has 1 aromatic carbocycles. The zero-order valence-corrected chi connectivity index (χ0v) is 29.3. The Kier molecular flexibility index (Phi) is 19.3. The number of aliphatic hydroxyl groups excluding tert-OH is 2. The van der Waals surface area contributed by atoms with Gasteiger partial charge in [0.25, 0.3) is 0 Å². The van der Waals surface area contributed by atoms with Crippen LogP contribution >= 0.6 is 0 Å². The third kappa shape index (κ3) is 16.9. The summed E-state index contributed by atoms with van der Waals surface area (Å²) in [6.45, 7) is 5.24. The Balaban J connectivity index is 2.15. The summed E-state index contributed by atoms with van der Waals surface area (Å²) in [5.74, 6) is -2.78. The Morgan fingerprint density at radius 2 is 1.33 bits per heavy atom. The minimum Gasteiger partial charge on any atom is -0.463 e. The first-order chi connectivity index (χ1) is 23.4. The van der Waals surface area contributed by atoms with Crippen molar-refractivity contribution in [2.24, 2.45) is 11.8 Å². The molecule has 0 saturated heterocycles. The van der Waals surface area contributed by atoms with Gasteiger partial charge in [-0.15, -0.1) is 0 Å². The second-order valence-corrected chi connectivity index (χ2v) is 12.7. The Morgan fingerprint density at radius 1 is 0.755 bits per heavy atom. The monoisotopic (exact) mass is 690 g/mol. The Bertz CT molecular complexity index is 1190. The SMILES string of the molecule is CC(=O)O[C@H]1C[C@@H](OC(C)=O)[C@H](CC[C@H](CCc2ccccc2)OC(=O)CCC(=O)OC(CO)CO)[C@H]1C/C=C\CCCC(=O)OC(C)C. The van der Waals surface area contributed by atoms with Gasteiger partial charge in [0, 0.05) is 38.5 Å². The zero-order chi connectivity index (χ0) is 36.2. The molecule has 0 heterocycles. The van der Waals surface area contributed by atoms with E-state index in [1.165, 1.54) is 13.8 Å². The molecule has 49 heavy (non-hydrogen) atoms. The highest BCUT2D eigenvalue weighted by Crippen LogP contribution is 2.42. The van der Waals surface area contributed by atoms with Crippen LogP contribution in [0.15, 0.2) is 42.5 Å². The van der Waals surface area contributed by atoms with E-state index >= 15 is 0 Å². The lowest BCUT2D eigenvalue weighted by Gasteiger charge is -2.27. The molecule has 0 radical (unpaired) electrons. The molecule has 1 aliphatic rings. The number of ether oxygens (including phenoxy) is 5. The Labute approximate surface area is 289 Å². The van der Waals surface area contributed by atoms with Gasteiger partial charge in [0.05, 0.1) is 32.2 Å². The molecule has 12 heteroatoms. The van der Waals surface area contributed by atoms with E-state index in [1.807, 2.05) is 56.3 Å². The maximum atomic E-state index is 12.9. The van der Waals surface area contributed by atoms with Gasteiger partial charge in [-0.05, 0) is 64.4 Å². The first kappa shape index (κ1) is 41.4. The minimum atomic E-state index is -1.05. The number of aliphatic hydroxyl groups is 2. The van der Waals surface area contributed by atoms with E-state index in [1.54, 1.807) is 0 Å². The highest BCUT2D eigenvalue weighted by molar-refractivity contribution is 5.77. The average Bonchev–Trinajstić information content (AvgIpc) is 3.35. The van der Waals surface area contributed by atoms with Crippen molar-refractivity contribution in [3.05, 3.63) is 48.0 Å². The van der Waals surface area contributed by atoms with Crippen molar-refractivity contribution in [1.29, 1.82) is 0 Å². The topological polar surface area (TPSA) is 172 Å². The van der Waals surface area contributed by atoms with Crippen LogP contribution in [-0.4, -0.2) is 83.8 Å². The van der Waals surface area contributed by atoms with Gasteiger partial charge in [0.2, 0.25) is 0 Å². The van der Waals surface area contributed by atoms with Gasteiger partial charge in [0.1, 0.15) is 24.4 Å². The number of unbranched alkanes of at least 4 members (excludes halogenated alkanes) is 1.